The van der Waals surface area contributed by atoms with Gasteiger partial charge in [-0.3, -0.25) is 14.9 Å². The smallest absolute Gasteiger partial charge is 0.272 e. The molecule has 1 fully saturated rings. The van der Waals surface area contributed by atoms with Gasteiger partial charge in [0, 0.05) is 44.6 Å². The zero-order chi connectivity index (χ0) is 17.8. The average molecular weight is 345 g/mol. The number of rotatable bonds is 3. The minimum absolute atomic E-state index is 0.157. The summed E-state index contributed by atoms with van der Waals surface area (Å²) in [6.45, 7) is 2.09. The van der Waals surface area contributed by atoms with Crippen molar-refractivity contribution >= 4 is 17.5 Å². The van der Waals surface area contributed by atoms with Gasteiger partial charge in [0.05, 0.1) is 16.6 Å². The van der Waals surface area contributed by atoms with E-state index < -0.39 is 16.6 Å². The Morgan fingerprint density at radius 2 is 1.92 bits per heavy atom. The number of nitro benzene ring substituents is 1. The van der Waals surface area contributed by atoms with E-state index in [2.05, 4.69) is 9.97 Å². The molecular weight excluding hydrogens is 329 g/mol. The van der Waals surface area contributed by atoms with E-state index in [9.17, 15) is 19.3 Å². The molecule has 0 radical (unpaired) electrons. The summed E-state index contributed by atoms with van der Waals surface area (Å²) in [5.74, 6) is -0.756. The average Bonchev–Trinajstić information content (AvgIpc) is 2.88. The molecule has 25 heavy (non-hydrogen) atoms. The van der Waals surface area contributed by atoms with Gasteiger partial charge in [-0.25, -0.2) is 14.4 Å². The van der Waals surface area contributed by atoms with Crippen LogP contribution >= 0.6 is 0 Å². The monoisotopic (exact) mass is 345 g/mol. The summed E-state index contributed by atoms with van der Waals surface area (Å²) in [6, 6.07) is 4.81. The lowest BCUT2D eigenvalue weighted by Crippen LogP contribution is -2.36. The Balaban J connectivity index is 1.72. The Bertz CT molecular complexity index is 787. The first-order chi connectivity index (χ1) is 12.1. The van der Waals surface area contributed by atoms with Gasteiger partial charge in [-0.2, -0.15) is 0 Å². The maximum atomic E-state index is 14.1. The second kappa shape index (κ2) is 7.20. The Kier molecular flexibility index (Phi) is 4.82. The summed E-state index contributed by atoms with van der Waals surface area (Å²) in [7, 11) is 0. The molecule has 3 rings (SSSR count). The maximum absolute atomic E-state index is 14.1. The van der Waals surface area contributed by atoms with Crippen molar-refractivity contribution in [2.45, 2.75) is 6.42 Å². The van der Waals surface area contributed by atoms with E-state index in [1.54, 1.807) is 23.4 Å². The number of anilines is 1. The maximum Gasteiger partial charge on any atom is 0.272 e. The van der Waals surface area contributed by atoms with Crippen LogP contribution in [0, 0.1) is 15.9 Å². The quantitative estimate of drug-likeness (QED) is 0.623. The fourth-order valence-electron chi connectivity index (χ4n) is 2.74. The van der Waals surface area contributed by atoms with Crippen molar-refractivity contribution in [3.8, 4) is 0 Å². The van der Waals surface area contributed by atoms with Crippen molar-refractivity contribution in [3.63, 3.8) is 0 Å². The van der Waals surface area contributed by atoms with Crippen molar-refractivity contribution in [1.82, 2.24) is 14.9 Å². The lowest BCUT2D eigenvalue weighted by molar-refractivity contribution is -0.385. The van der Waals surface area contributed by atoms with E-state index in [0.29, 0.717) is 38.5 Å². The first kappa shape index (κ1) is 16.7. The van der Waals surface area contributed by atoms with Crippen molar-refractivity contribution in [2.24, 2.45) is 0 Å². The highest BCUT2D eigenvalue weighted by Crippen LogP contribution is 2.19. The van der Waals surface area contributed by atoms with Crippen molar-refractivity contribution in [2.75, 3.05) is 31.1 Å². The van der Waals surface area contributed by atoms with Crippen LogP contribution in [0.25, 0.3) is 0 Å². The Hall–Kier alpha value is -3.10. The lowest BCUT2D eigenvalue weighted by atomic mass is 10.1. The molecule has 8 nitrogen and oxygen atoms in total. The molecule has 0 unspecified atom stereocenters. The number of carbonyl (C=O) groups is 1. The second-order valence-electron chi connectivity index (χ2n) is 5.60. The molecule has 1 amide bonds. The molecule has 130 valence electrons. The second-order valence-corrected chi connectivity index (χ2v) is 5.60. The zero-order valence-corrected chi connectivity index (χ0v) is 13.3. The van der Waals surface area contributed by atoms with Gasteiger partial charge in [-0.1, -0.05) is 0 Å². The van der Waals surface area contributed by atoms with Crippen LogP contribution in [0.4, 0.5) is 16.0 Å². The van der Waals surface area contributed by atoms with Gasteiger partial charge in [0.2, 0.25) is 5.95 Å². The number of carbonyl (C=O) groups excluding carboxylic acids is 1. The fraction of sp³-hybridized carbons (Fsp3) is 0.312. The summed E-state index contributed by atoms with van der Waals surface area (Å²) in [6.07, 6.45) is 4.00. The van der Waals surface area contributed by atoms with Gasteiger partial charge in [0.15, 0.2) is 0 Å². The van der Waals surface area contributed by atoms with Crippen LogP contribution in [0.1, 0.15) is 16.8 Å². The van der Waals surface area contributed by atoms with Gasteiger partial charge in [-0.15, -0.1) is 0 Å². The van der Waals surface area contributed by atoms with Gasteiger partial charge in [-0.05, 0) is 18.6 Å². The third-order valence-electron chi connectivity index (χ3n) is 4.01. The standard InChI is InChI=1S/C16H16FN5O3/c17-14-11-12(22(24)25)3-4-13(14)15(23)20-7-2-8-21(10-9-20)16-18-5-1-6-19-16/h1,3-6,11H,2,7-10H2. The lowest BCUT2D eigenvalue weighted by Gasteiger charge is -2.22. The van der Waals surface area contributed by atoms with Crippen molar-refractivity contribution in [3.05, 3.63) is 58.2 Å². The van der Waals surface area contributed by atoms with E-state index in [4.69, 9.17) is 0 Å². The van der Waals surface area contributed by atoms with E-state index in [1.165, 1.54) is 6.07 Å². The molecule has 9 heteroatoms. The summed E-state index contributed by atoms with van der Waals surface area (Å²) < 4.78 is 14.1. The van der Waals surface area contributed by atoms with Crippen molar-refractivity contribution < 1.29 is 14.1 Å². The predicted molar refractivity (Wildman–Crippen MR) is 87.8 cm³/mol. The molecule has 1 aliphatic heterocycles. The Labute approximate surface area is 143 Å². The molecule has 1 saturated heterocycles. The summed E-state index contributed by atoms with van der Waals surface area (Å²) in [4.78, 5) is 34.5. The number of amides is 1. The topological polar surface area (TPSA) is 92.5 Å². The van der Waals surface area contributed by atoms with Crippen LogP contribution in [0.5, 0.6) is 0 Å². The molecule has 1 aromatic carbocycles. The summed E-state index contributed by atoms with van der Waals surface area (Å²) in [5.41, 5.74) is -0.535. The van der Waals surface area contributed by atoms with Gasteiger partial charge < -0.3 is 9.80 Å². The van der Waals surface area contributed by atoms with Crippen LogP contribution < -0.4 is 4.90 Å². The van der Waals surface area contributed by atoms with Crippen LogP contribution in [-0.4, -0.2) is 51.9 Å². The molecule has 0 aliphatic carbocycles. The minimum Gasteiger partial charge on any atom is -0.339 e. The third-order valence-corrected chi connectivity index (χ3v) is 4.01. The highest BCUT2D eigenvalue weighted by Gasteiger charge is 2.24. The summed E-state index contributed by atoms with van der Waals surface area (Å²) in [5, 5.41) is 10.7. The highest BCUT2D eigenvalue weighted by atomic mass is 19.1. The zero-order valence-electron chi connectivity index (χ0n) is 13.3. The van der Waals surface area contributed by atoms with Gasteiger partial charge in [0.25, 0.3) is 11.6 Å². The molecule has 0 saturated carbocycles. The van der Waals surface area contributed by atoms with E-state index in [1.807, 2.05) is 4.90 Å². The number of non-ortho nitro benzene ring substituents is 1. The van der Waals surface area contributed by atoms with E-state index in [-0.39, 0.29) is 11.3 Å². The molecular formula is C16H16FN5O3. The number of hydrogen-bond donors (Lipinski definition) is 0. The number of benzene rings is 1. The third kappa shape index (κ3) is 3.70. The number of aromatic nitrogens is 2. The molecule has 0 bridgehead atoms. The molecule has 0 spiro atoms. The molecule has 1 aliphatic rings. The van der Waals surface area contributed by atoms with Crippen LogP contribution in [0.15, 0.2) is 36.7 Å². The number of nitrogens with zero attached hydrogens (tertiary/aromatic N) is 5. The molecule has 0 atom stereocenters. The number of hydrogen-bond acceptors (Lipinski definition) is 6. The molecule has 1 aromatic heterocycles. The first-order valence-electron chi connectivity index (χ1n) is 7.81. The van der Waals surface area contributed by atoms with Crippen molar-refractivity contribution in [1.29, 1.82) is 0 Å². The molecule has 2 heterocycles. The van der Waals surface area contributed by atoms with Crippen LogP contribution in [-0.2, 0) is 0 Å². The Morgan fingerprint density at radius 1 is 1.16 bits per heavy atom. The molecule has 0 N–H and O–H groups in total. The molecule has 2 aromatic rings. The largest absolute Gasteiger partial charge is 0.339 e. The van der Waals surface area contributed by atoms with Crippen LogP contribution in [0.2, 0.25) is 0 Å². The number of halogens is 1. The highest BCUT2D eigenvalue weighted by molar-refractivity contribution is 5.94. The first-order valence-corrected chi connectivity index (χ1v) is 7.81. The predicted octanol–water partition coefficient (Wildman–Crippen LogP) is 1.88. The van der Waals surface area contributed by atoms with Gasteiger partial charge >= 0.3 is 0 Å². The van der Waals surface area contributed by atoms with Crippen LogP contribution in [0.3, 0.4) is 0 Å². The summed E-state index contributed by atoms with van der Waals surface area (Å²) >= 11 is 0. The SMILES string of the molecule is O=C(c1ccc([N+](=O)[O-])cc1F)N1CCCN(c2ncccn2)CC1. The van der Waals surface area contributed by atoms with E-state index >= 15 is 0 Å². The fourth-order valence-corrected chi connectivity index (χ4v) is 2.74. The minimum atomic E-state index is -0.883. The normalized spacial score (nSPS) is 14.9. The van der Waals surface area contributed by atoms with Gasteiger partial charge in [0.1, 0.15) is 5.82 Å². The number of nitro groups is 1. The van der Waals surface area contributed by atoms with E-state index in [0.717, 1.165) is 12.1 Å². The Morgan fingerprint density at radius 3 is 2.60 bits per heavy atom.